The van der Waals surface area contributed by atoms with Crippen LogP contribution in [0, 0.1) is 0 Å². The molecule has 0 spiro atoms. The number of nitrogens with two attached hydrogens (primary N) is 1. The third kappa shape index (κ3) is 1.71. The highest BCUT2D eigenvalue weighted by molar-refractivity contribution is 5.85. The molecule has 0 aliphatic carbocycles. The Bertz CT molecular complexity index is 502. The molecule has 4 heteroatoms. The molecular weight excluding hydrogens is 192 g/mol. The van der Waals surface area contributed by atoms with Gasteiger partial charge in [0.05, 0.1) is 6.61 Å². The lowest BCUT2D eigenvalue weighted by Crippen LogP contribution is -2.17. The summed E-state index contributed by atoms with van der Waals surface area (Å²) in [5.41, 5.74) is 6.87. The molecule has 0 aliphatic heterocycles. The first-order chi connectivity index (χ1) is 7.22. The molecule has 2 rings (SSSR count). The number of carbonyl (C=O) groups excluding carboxylic acids is 1. The van der Waals surface area contributed by atoms with Gasteiger partial charge in [0, 0.05) is 22.7 Å². The smallest absolute Gasteiger partial charge is 0.237 e. The van der Waals surface area contributed by atoms with Gasteiger partial charge in [-0.05, 0) is 6.07 Å². The number of rotatable bonds is 3. The number of aromatic nitrogens is 1. The molecule has 2 aromatic rings. The van der Waals surface area contributed by atoms with E-state index in [0.717, 1.165) is 16.5 Å². The summed E-state index contributed by atoms with van der Waals surface area (Å²) in [4.78, 5) is 10.8. The Hall–Kier alpha value is -1.81. The Morgan fingerprint density at radius 3 is 2.80 bits per heavy atom. The van der Waals surface area contributed by atoms with Crippen molar-refractivity contribution in [1.82, 2.24) is 4.57 Å². The van der Waals surface area contributed by atoms with Crippen molar-refractivity contribution in [2.75, 3.05) is 0 Å². The van der Waals surface area contributed by atoms with E-state index in [4.69, 9.17) is 10.8 Å². The fraction of sp³-hybridized carbons (Fsp3) is 0.182. The summed E-state index contributed by atoms with van der Waals surface area (Å²) in [5, 5.41) is 10.1. The van der Waals surface area contributed by atoms with Gasteiger partial charge in [0.2, 0.25) is 5.91 Å². The van der Waals surface area contributed by atoms with Crippen LogP contribution in [0.3, 0.4) is 0 Å². The van der Waals surface area contributed by atoms with Crippen LogP contribution in [-0.2, 0) is 17.9 Å². The maximum atomic E-state index is 10.8. The maximum Gasteiger partial charge on any atom is 0.237 e. The van der Waals surface area contributed by atoms with Crippen molar-refractivity contribution in [2.24, 2.45) is 5.73 Å². The lowest BCUT2D eigenvalue weighted by molar-refractivity contribution is -0.118. The highest BCUT2D eigenvalue weighted by atomic mass is 16.3. The molecule has 4 nitrogen and oxygen atoms in total. The van der Waals surface area contributed by atoms with E-state index < -0.39 is 0 Å². The topological polar surface area (TPSA) is 68.2 Å². The Balaban J connectivity index is 2.59. The van der Waals surface area contributed by atoms with Gasteiger partial charge in [0.15, 0.2) is 0 Å². The van der Waals surface area contributed by atoms with Crippen molar-refractivity contribution in [3.05, 3.63) is 36.0 Å². The van der Waals surface area contributed by atoms with E-state index in [-0.39, 0.29) is 19.1 Å². The summed E-state index contributed by atoms with van der Waals surface area (Å²) in [6.45, 7) is 0.104. The first-order valence-electron chi connectivity index (χ1n) is 4.68. The summed E-state index contributed by atoms with van der Waals surface area (Å²) in [6.07, 6.45) is 1.76. The highest BCUT2D eigenvalue weighted by Crippen LogP contribution is 2.20. The van der Waals surface area contributed by atoms with Crippen LogP contribution in [0.15, 0.2) is 30.5 Å². The van der Waals surface area contributed by atoms with Crippen molar-refractivity contribution >= 4 is 16.8 Å². The summed E-state index contributed by atoms with van der Waals surface area (Å²) in [5.74, 6) is -0.389. The predicted octanol–water partition coefficient (Wildman–Crippen LogP) is 0.619. The largest absolute Gasteiger partial charge is 0.392 e. The van der Waals surface area contributed by atoms with Gasteiger partial charge in [0.25, 0.3) is 0 Å². The van der Waals surface area contributed by atoms with E-state index in [0.29, 0.717) is 0 Å². The van der Waals surface area contributed by atoms with Crippen LogP contribution < -0.4 is 5.73 Å². The molecule has 0 bridgehead atoms. The van der Waals surface area contributed by atoms with E-state index in [2.05, 4.69) is 0 Å². The normalized spacial score (nSPS) is 10.7. The number of hydrogen-bond donors (Lipinski definition) is 2. The van der Waals surface area contributed by atoms with Gasteiger partial charge >= 0.3 is 0 Å². The minimum atomic E-state index is -0.389. The van der Waals surface area contributed by atoms with Gasteiger partial charge in [-0.1, -0.05) is 18.2 Å². The van der Waals surface area contributed by atoms with E-state index >= 15 is 0 Å². The van der Waals surface area contributed by atoms with Gasteiger partial charge in [-0.2, -0.15) is 0 Å². The minimum Gasteiger partial charge on any atom is -0.392 e. The molecule has 0 radical (unpaired) electrons. The Kier molecular flexibility index (Phi) is 2.43. The molecule has 3 N–H and O–H groups in total. The second-order valence-electron chi connectivity index (χ2n) is 3.42. The lowest BCUT2D eigenvalue weighted by Gasteiger charge is -2.00. The zero-order valence-corrected chi connectivity index (χ0v) is 8.18. The van der Waals surface area contributed by atoms with Crippen LogP contribution in [0.5, 0.6) is 0 Å². The fourth-order valence-corrected chi connectivity index (χ4v) is 1.75. The first kappa shape index (κ1) is 9.73. The zero-order valence-electron chi connectivity index (χ0n) is 8.18. The van der Waals surface area contributed by atoms with E-state index in [1.165, 1.54) is 0 Å². The van der Waals surface area contributed by atoms with Crippen molar-refractivity contribution in [3.63, 3.8) is 0 Å². The van der Waals surface area contributed by atoms with Crippen molar-refractivity contribution in [2.45, 2.75) is 13.2 Å². The number of para-hydroxylation sites is 1. The third-order valence-corrected chi connectivity index (χ3v) is 2.37. The third-order valence-electron chi connectivity index (χ3n) is 2.37. The van der Waals surface area contributed by atoms with E-state index in [9.17, 15) is 4.79 Å². The molecule has 0 saturated heterocycles. The standard InChI is InChI=1S/C11H12N2O2/c12-11(15)6-13-5-8(7-14)9-3-1-2-4-10(9)13/h1-5,14H,6-7H2,(H2,12,15). The maximum absolute atomic E-state index is 10.8. The summed E-state index contributed by atoms with van der Waals surface area (Å²) in [7, 11) is 0. The van der Waals surface area contributed by atoms with Crippen LogP contribution in [0.1, 0.15) is 5.56 Å². The summed E-state index contributed by atoms with van der Waals surface area (Å²) in [6, 6.07) is 7.60. The monoisotopic (exact) mass is 204 g/mol. The van der Waals surface area contributed by atoms with Crippen LogP contribution in [0.4, 0.5) is 0 Å². The van der Waals surface area contributed by atoms with E-state index in [1.807, 2.05) is 24.3 Å². The average molecular weight is 204 g/mol. The van der Waals surface area contributed by atoms with Crippen molar-refractivity contribution in [1.29, 1.82) is 0 Å². The molecule has 0 saturated carbocycles. The Labute approximate surface area is 86.9 Å². The molecule has 0 unspecified atom stereocenters. The van der Waals surface area contributed by atoms with Crippen LogP contribution in [0.2, 0.25) is 0 Å². The summed E-state index contributed by atoms with van der Waals surface area (Å²) >= 11 is 0. The van der Waals surface area contributed by atoms with Gasteiger partial charge in [-0.15, -0.1) is 0 Å². The molecule has 15 heavy (non-hydrogen) atoms. The number of amides is 1. The number of aliphatic hydroxyl groups is 1. The zero-order chi connectivity index (χ0) is 10.8. The number of carbonyl (C=O) groups is 1. The lowest BCUT2D eigenvalue weighted by atomic mass is 10.2. The Morgan fingerprint density at radius 1 is 1.40 bits per heavy atom. The first-order valence-corrected chi connectivity index (χ1v) is 4.68. The van der Waals surface area contributed by atoms with Crippen molar-refractivity contribution < 1.29 is 9.90 Å². The van der Waals surface area contributed by atoms with Gasteiger partial charge in [-0.3, -0.25) is 4.79 Å². The molecule has 0 fully saturated rings. The fourth-order valence-electron chi connectivity index (χ4n) is 1.75. The number of benzene rings is 1. The molecule has 1 aromatic heterocycles. The average Bonchev–Trinajstić information content (AvgIpc) is 2.56. The van der Waals surface area contributed by atoms with Gasteiger partial charge < -0.3 is 15.4 Å². The molecule has 1 heterocycles. The second kappa shape index (κ2) is 3.74. The molecule has 78 valence electrons. The van der Waals surface area contributed by atoms with Gasteiger partial charge in [0.1, 0.15) is 6.54 Å². The quantitative estimate of drug-likeness (QED) is 0.769. The molecule has 0 atom stereocenters. The summed E-state index contributed by atoms with van der Waals surface area (Å²) < 4.78 is 1.75. The highest BCUT2D eigenvalue weighted by Gasteiger charge is 2.07. The SMILES string of the molecule is NC(=O)Cn1cc(CO)c2ccccc21. The number of primary amides is 1. The van der Waals surface area contributed by atoms with E-state index in [1.54, 1.807) is 10.8 Å². The van der Waals surface area contributed by atoms with Crippen LogP contribution in [-0.4, -0.2) is 15.6 Å². The molecule has 1 amide bonds. The predicted molar refractivity (Wildman–Crippen MR) is 57.1 cm³/mol. The minimum absolute atomic E-state index is 0.0354. The second-order valence-corrected chi connectivity index (χ2v) is 3.42. The number of nitrogens with zero attached hydrogens (tertiary/aromatic N) is 1. The Morgan fingerprint density at radius 2 is 2.13 bits per heavy atom. The van der Waals surface area contributed by atoms with Crippen molar-refractivity contribution in [3.8, 4) is 0 Å². The van der Waals surface area contributed by atoms with Crippen LogP contribution in [0.25, 0.3) is 10.9 Å². The number of aliphatic hydroxyl groups excluding tert-OH is 1. The van der Waals surface area contributed by atoms with Gasteiger partial charge in [-0.25, -0.2) is 0 Å². The molecule has 1 aromatic carbocycles. The number of hydrogen-bond acceptors (Lipinski definition) is 2. The number of fused-ring (bicyclic) bond motifs is 1. The van der Waals surface area contributed by atoms with Crippen LogP contribution >= 0.6 is 0 Å². The molecule has 0 aliphatic rings. The molecular formula is C11H12N2O2.